The molecule has 0 radical (unpaired) electrons. The van der Waals surface area contributed by atoms with Gasteiger partial charge in [0.15, 0.2) is 0 Å². The van der Waals surface area contributed by atoms with Gasteiger partial charge in [0.2, 0.25) is 0 Å². The summed E-state index contributed by atoms with van der Waals surface area (Å²) in [5.74, 6) is 0. The summed E-state index contributed by atoms with van der Waals surface area (Å²) in [5.41, 5.74) is 16.5. The second-order valence-electron chi connectivity index (χ2n) is 14.7. The Morgan fingerprint density at radius 3 is 1.36 bits per heavy atom. The smallest absolute Gasteiger partial charge is 1.00 e. The predicted octanol–water partition coefficient (Wildman–Crippen LogP) is 5.26. The van der Waals surface area contributed by atoms with Gasteiger partial charge in [-0.2, -0.15) is 0 Å². The molecule has 2 aliphatic rings. The van der Waals surface area contributed by atoms with Crippen molar-refractivity contribution in [3.05, 3.63) is 150 Å². The zero-order valence-corrected chi connectivity index (χ0v) is 32.2. The molecule has 3 heteroatoms. The molecule has 0 N–H and O–H groups in total. The van der Waals surface area contributed by atoms with E-state index in [1.54, 1.807) is 28.8 Å². The molecule has 0 bridgehead atoms. The Hall–Kier alpha value is -2.31. The third-order valence-corrected chi connectivity index (χ3v) is 18.5. The molecule has 4 aromatic rings. The molecule has 0 amide bonds. The van der Waals surface area contributed by atoms with Gasteiger partial charge in [-0.1, -0.05) is 0 Å². The van der Waals surface area contributed by atoms with Crippen molar-refractivity contribution in [3.8, 4) is 11.1 Å². The fraction of sp³-hybridized carbons (Fsp3) is 0.310. The Labute approximate surface area is 292 Å². The Morgan fingerprint density at radius 1 is 0.578 bits per heavy atom. The van der Waals surface area contributed by atoms with Crippen LogP contribution in [0.4, 0.5) is 0 Å². The normalized spacial score (nSPS) is 14.3. The average Bonchev–Trinajstić information content (AvgIpc) is 3.43. The second-order valence-corrected chi connectivity index (χ2v) is 20.9. The van der Waals surface area contributed by atoms with Crippen molar-refractivity contribution in [1.29, 1.82) is 0 Å². The van der Waals surface area contributed by atoms with Gasteiger partial charge in [-0.25, -0.2) is 0 Å². The van der Waals surface area contributed by atoms with E-state index < -0.39 is 21.3 Å². The van der Waals surface area contributed by atoms with Crippen LogP contribution >= 0.6 is 0 Å². The number of halogens is 2. The van der Waals surface area contributed by atoms with E-state index in [2.05, 4.69) is 159 Å². The van der Waals surface area contributed by atoms with E-state index in [-0.39, 0.29) is 35.6 Å². The molecule has 0 heterocycles. The minimum Gasteiger partial charge on any atom is -1.00 e. The maximum absolute atomic E-state index is 2.79. The first-order valence-corrected chi connectivity index (χ1v) is 19.7. The first kappa shape index (κ1) is 35.5. The van der Waals surface area contributed by atoms with Crippen molar-refractivity contribution in [3.63, 3.8) is 0 Å². The van der Waals surface area contributed by atoms with E-state index in [9.17, 15) is 0 Å². The zero-order valence-electron chi connectivity index (χ0n) is 28.3. The first-order valence-electron chi connectivity index (χ1n) is 15.9. The molecule has 6 rings (SSSR count). The molecule has 0 saturated heterocycles. The van der Waals surface area contributed by atoms with E-state index in [0.29, 0.717) is 3.63 Å². The van der Waals surface area contributed by atoms with Crippen LogP contribution in [0.1, 0.15) is 106 Å². The van der Waals surface area contributed by atoms with E-state index in [1.165, 1.54) is 39.0 Å². The van der Waals surface area contributed by atoms with Crippen molar-refractivity contribution >= 4 is 3.21 Å². The quantitative estimate of drug-likeness (QED) is 0.271. The molecule has 0 saturated carbocycles. The Kier molecular flexibility index (Phi) is 10.6. The van der Waals surface area contributed by atoms with Crippen molar-refractivity contribution in [1.82, 2.24) is 0 Å². The van der Waals surface area contributed by atoms with Crippen LogP contribution in [0.5, 0.6) is 0 Å². The number of hydrogen-bond donors (Lipinski definition) is 0. The fourth-order valence-electron chi connectivity index (χ4n) is 7.04. The fourth-order valence-corrected chi connectivity index (χ4v) is 17.0. The Balaban J connectivity index is 0.00000230. The van der Waals surface area contributed by atoms with Crippen LogP contribution in [-0.2, 0) is 32.1 Å². The number of hydrogen-bond acceptors (Lipinski definition) is 0. The molecule has 0 aromatic heterocycles. The summed E-state index contributed by atoms with van der Waals surface area (Å²) >= 11 is -2.79. The third-order valence-electron chi connectivity index (χ3n) is 9.85. The molecule has 0 aliphatic heterocycles. The molecular weight excluding hydrogens is 667 g/mol. The SMILES string of the molecule is CC1=C(C)C(C)=[C]([Zr+2](=[C](c2ccccc2)c2ccccc2)[CH]2c3cc(C(C)(C)C)ccc3-c3ccc(C(C)(C)C)cc32)C1.[Cl-].[Cl-]. The van der Waals surface area contributed by atoms with Crippen LogP contribution in [0.3, 0.4) is 0 Å². The topological polar surface area (TPSA) is 0 Å². The van der Waals surface area contributed by atoms with Crippen LogP contribution in [-0.4, -0.2) is 3.21 Å². The minimum absolute atomic E-state index is 0. The van der Waals surface area contributed by atoms with Gasteiger partial charge in [0.1, 0.15) is 0 Å². The predicted molar refractivity (Wildman–Crippen MR) is 183 cm³/mol. The molecule has 2 aliphatic carbocycles. The Morgan fingerprint density at radius 2 is 1.00 bits per heavy atom. The molecule has 0 spiro atoms. The van der Waals surface area contributed by atoms with Gasteiger partial charge in [-0.15, -0.1) is 0 Å². The largest absolute Gasteiger partial charge is 1.00 e. The van der Waals surface area contributed by atoms with Gasteiger partial charge in [0.05, 0.1) is 0 Å². The number of allylic oxidation sites excluding steroid dienone is 4. The van der Waals surface area contributed by atoms with Crippen molar-refractivity contribution < 1.29 is 46.1 Å². The zero-order chi connectivity index (χ0) is 30.7. The van der Waals surface area contributed by atoms with E-state index in [1.807, 2.05) is 0 Å². The summed E-state index contributed by atoms with van der Waals surface area (Å²) in [4.78, 5) is 0. The molecule has 232 valence electrons. The summed E-state index contributed by atoms with van der Waals surface area (Å²) in [6.07, 6.45) is 1.12. The van der Waals surface area contributed by atoms with E-state index in [4.69, 9.17) is 0 Å². The summed E-state index contributed by atoms with van der Waals surface area (Å²) in [7, 11) is 0. The second kappa shape index (κ2) is 13.4. The number of benzene rings is 4. The van der Waals surface area contributed by atoms with Crippen LogP contribution in [0, 0.1) is 0 Å². The number of fused-ring (bicyclic) bond motifs is 3. The summed E-state index contributed by atoms with van der Waals surface area (Å²) in [5, 5.41) is 0. The molecule has 4 aromatic carbocycles. The third kappa shape index (κ3) is 6.61. The van der Waals surface area contributed by atoms with Crippen molar-refractivity contribution in [2.45, 2.75) is 83.2 Å². The number of rotatable bonds is 4. The van der Waals surface area contributed by atoms with Crippen LogP contribution < -0.4 is 24.8 Å². The molecular formula is C42H46Cl2Zr. The Bertz CT molecular complexity index is 1710. The standard InChI is InChI=1S/C21H25.C13H10.C8H11.2ClH.Zr/c1-20(2,3)16-7-9-18-14(12-16)11-15-13-17(21(4,5)6)8-10-19(15)18;1-3-7-12(8-4-1)11-13-9-5-2-6-10-13;1-6-4-5-7(2)8(6)3;;;/h7-13H,1-6H3;1-10H;4H2,1-3H3;2*1H;/q;;;;;+2/p-2. The maximum Gasteiger partial charge on any atom is -1.00 e. The van der Waals surface area contributed by atoms with Gasteiger partial charge < -0.3 is 24.8 Å². The average molecular weight is 713 g/mol. The minimum atomic E-state index is -2.79. The van der Waals surface area contributed by atoms with E-state index >= 15 is 0 Å². The van der Waals surface area contributed by atoms with Gasteiger partial charge in [-0.3, -0.25) is 0 Å². The van der Waals surface area contributed by atoms with Gasteiger partial charge >= 0.3 is 269 Å². The molecule has 0 fully saturated rings. The van der Waals surface area contributed by atoms with Crippen LogP contribution in [0.25, 0.3) is 11.1 Å². The van der Waals surface area contributed by atoms with Crippen LogP contribution in [0.15, 0.2) is 117 Å². The maximum atomic E-state index is 2.60. The van der Waals surface area contributed by atoms with Crippen molar-refractivity contribution in [2.24, 2.45) is 0 Å². The van der Waals surface area contributed by atoms with E-state index in [0.717, 1.165) is 6.42 Å². The van der Waals surface area contributed by atoms with Gasteiger partial charge in [0, 0.05) is 0 Å². The van der Waals surface area contributed by atoms with Crippen LogP contribution in [0.2, 0.25) is 0 Å². The monoisotopic (exact) mass is 710 g/mol. The summed E-state index contributed by atoms with van der Waals surface area (Å²) in [6.45, 7) is 21.3. The molecule has 0 nitrogen and oxygen atoms in total. The molecule has 45 heavy (non-hydrogen) atoms. The van der Waals surface area contributed by atoms with Gasteiger partial charge in [-0.05, 0) is 0 Å². The first-order chi connectivity index (χ1) is 20.4. The molecule has 0 atom stereocenters. The summed E-state index contributed by atoms with van der Waals surface area (Å²) < 4.78 is 3.81. The summed E-state index contributed by atoms with van der Waals surface area (Å²) in [6, 6.07) is 37.6. The molecule has 0 unspecified atom stereocenters. The van der Waals surface area contributed by atoms with Gasteiger partial charge in [0.25, 0.3) is 0 Å². The van der Waals surface area contributed by atoms with Crippen molar-refractivity contribution in [2.75, 3.05) is 0 Å².